The molecule has 17 heavy (non-hydrogen) atoms. The normalized spacial score (nSPS) is 12.8. The van der Waals surface area contributed by atoms with Gasteiger partial charge in [-0.25, -0.2) is 0 Å². The lowest BCUT2D eigenvalue weighted by Gasteiger charge is -2.22. The van der Waals surface area contributed by atoms with E-state index in [1.807, 2.05) is 7.05 Å². The lowest BCUT2D eigenvalue weighted by Crippen LogP contribution is -2.29. The van der Waals surface area contributed by atoms with E-state index in [2.05, 4.69) is 55.7 Å². The summed E-state index contributed by atoms with van der Waals surface area (Å²) < 4.78 is 0. The first-order chi connectivity index (χ1) is 8.19. The van der Waals surface area contributed by atoms with Crippen LogP contribution in [0.15, 0.2) is 24.3 Å². The van der Waals surface area contributed by atoms with E-state index in [1.54, 1.807) is 0 Å². The van der Waals surface area contributed by atoms with Crippen LogP contribution in [-0.2, 0) is 6.42 Å². The van der Waals surface area contributed by atoms with E-state index in [9.17, 15) is 0 Å². The van der Waals surface area contributed by atoms with Crippen LogP contribution >= 0.6 is 0 Å². The Hall–Kier alpha value is -1.02. The van der Waals surface area contributed by atoms with Crippen LogP contribution in [0.1, 0.15) is 26.3 Å². The highest BCUT2D eigenvalue weighted by Gasteiger charge is 2.12. The Bertz CT molecular complexity index is 320. The Kier molecular flexibility index (Phi) is 6.06. The van der Waals surface area contributed by atoms with E-state index in [4.69, 9.17) is 0 Å². The van der Waals surface area contributed by atoms with E-state index in [-0.39, 0.29) is 0 Å². The molecule has 0 heterocycles. The van der Waals surface area contributed by atoms with Gasteiger partial charge in [0.05, 0.1) is 0 Å². The molecular formula is C15H26N2. The van der Waals surface area contributed by atoms with Crippen LogP contribution in [-0.4, -0.2) is 20.1 Å². The highest BCUT2D eigenvalue weighted by atomic mass is 14.9. The summed E-state index contributed by atoms with van der Waals surface area (Å²) in [7, 11) is 2.02. The third-order valence-corrected chi connectivity index (χ3v) is 3.36. The molecule has 1 unspecified atom stereocenters. The van der Waals surface area contributed by atoms with Crippen molar-refractivity contribution < 1.29 is 0 Å². The average molecular weight is 234 g/mol. The minimum atomic E-state index is 0.671. The first-order valence-electron chi connectivity index (χ1n) is 6.65. The maximum atomic E-state index is 3.59. The Morgan fingerprint density at radius 3 is 2.41 bits per heavy atom. The molecule has 0 fully saturated rings. The van der Waals surface area contributed by atoms with Crippen molar-refractivity contribution in [2.45, 2.75) is 27.2 Å². The second-order valence-electron chi connectivity index (χ2n) is 4.95. The molecule has 0 bridgehead atoms. The third-order valence-electron chi connectivity index (χ3n) is 3.36. The molecular weight excluding hydrogens is 208 g/mol. The Morgan fingerprint density at radius 1 is 1.12 bits per heavy atom. The van der Waals surface area contributed by atoms with Crippen molar-refractivity contribution in [3.05, 3.63) is 29.8 Å². The van der Waals surface area contributed by atoms with Gasteiger partial charge in [-0.3, -0.25) is 0 Å². The predicted molar refractivity (Wildman–Crippen MR) is 76.6 cm³/mol. The van der Waals surface area contributed by atoms with Gasteiger partial charge in [-0.2, -0.15) is 0 Å². The number of rotatable bonds is 7. The number of aryl methyl sites for hydroxylation is 1. The van der Waals surface area contributed by atoms with Crippen LogP contribution in [0, 0.1) is 11.8 Å². The second-order valence-corrected chi connectivity index (χ2v) is 4.95. The molecule has 1 aromatic carbocycles. The second kappa shape index (κ2) is 7.33. The topological polar surface area (TPSA) is 24.1 Å². The maximum absolute atomic E-state index is 3.59. The molecule has 0 aliphatic carbocycles. The lowest BCUT2D eigenvalue weighted by atomic mass is 9.95. The Balaban J connectivity index is 2.58. The zero-order valence-corrected chi connectivity index (χ0v) is 11.6. The molecule has 2 nitrogen and oxygen atoms in total. The minimum absolute atomic E-state index is 0.671. The van der Waals surface area contributed by atoms with Gasteiger partial charge in [0.1, 0.15) is 0 Å². The molecule has 0 saturated heterocycles. The fourth-order valence-electron chi connectivity index (χ4n) is 2.05. The molecule has 96 valence electrons. The predicted octanol–water partition coefficient (Wildman–Crippen LogP) is 3.15. The number of para-hydroxylation sites is 1. The molecule has 0 amide bonds. The summed E-state index contributed by atoms with van der Waals surface area (Å²) in [4.78, 5) is 0. The van der Waals surface area contributed by atoms with Gasteiger partial charge >= 0.3 is 0 Å². The number of nitrogens with one attached hydrogen (secondary N) is 2. The van der Waals surface area contributed by atoms with Gasteiger partial charge < -0.3 is 10.6 Å². The summed E-state index contributed by atoms with van der Waals surface area (Å²) in [5.41, 5.74) is 2.69. The zero-order chi connectivity index (χ0) is 12.7. The van der Waals surface area contributed by atoms with E-state index >= 15 is 0 Å². The molecule has 0 spiro atoms. The summed E-state index contributed by atoms with van der Waals surface area (Å²) >= 11 is 0. The van der Waals surface area contributed by atoms with Crippen molar-refractivity contribution in [1.82, 2.24) is 5.32 Å². The SMILES string of the molecule is CCc1ccccc1NCC(CNC)C(C)C. The van der Waals surface area contributed by atoms with Crippen LogP contribution in [0.25, 0.3) is 0 Å². The van der Waals surface area contributed by atoms with Crippen LogP contribution in [0.5, 0.6) is 0 Å². The van der Waals surface area contributed by atoms with Crippen molar-refractivity contribution in [2.75, 3.05) is 25.5 Å². The monoisotopic (exact) mass is 234 g/mol. The van der Waals surface area contributed by atoms with Crippen molar-refractivity contribution in [3.63, 3.8) is 0 Å². The molecule has 0 aromatic heterocycles. The highest BCUT2D eigenvalue weighted by Crippen LogP contribution is 2.17. The van der Waals surface area contributed by atoms with E-state index in [0.29, 0.717) is 11.8 Å². The fourth-order valence-corrected chi connectivity index (χ4v) is 2.05. The van der Waals surface area contributed by atoms with Gasteiger partial charge in [0, 0.05) is 12.2 Å². The molecule has 2 heteroatoms. The van der Waals surface area contributed by atoms with Crippen LogP contribution in [0.3, 0.4) is 0 Å². The lowest BCUT2D eigenvalue weighted by molar-refractivity contribution is 0.390. The first-order valence-corrected chi connectivity index (χ1v) is 6.65. The largest absolute Gasteiger partial charge is 0.384 e. The minimum Gasteiger partial charge on any atom is -0.384 e. The van der Waals surface area contributed by atoms with E-state index in [1.165, 1.54) is 11.3 Å². The van der Waals surface area contributed by atoms with Gasteiger partial charge in [0.15, 0.2) is 0 Å². The zero-order valence-electron chi connectivity index (χ0n) is 11.6. The van der Waals surface area contributed by atoms with Crippen LogP contribution in [0.2, 0.25) is 0 Å². The molecule has 0 aliphatic heterocycles. The van der Waals surface area contributed by atoms with Gasteiger partial charge in [-0.15, -0.1) is 0 Å². The molecule has 0 aliphatic rings. The third kappa shape index (κ3) is 4.39. The van der Waals surface area contributed by atoms with Gasteiger partial charge in [0.2, 0.25) is 0 Å². The number of hydrogen-bond donors (Lipinski definition) is 2. The number of hydrogen-bond acceptors (Lipinski definition) is 2. The molecule has 1 aromatic rings. The summed E-state index contributed by atoms with van der Waals surface area (Å²) in [6, 6.07) is 8.59. The van der Waals surface area contributed by atoms with Crippen molar-refractivity contribution in [2.24, 2.45) is 11.8 Å². The standard InChI is InChI=1S/C15H26N2/c1-5-13-8-6-7-9-15(13)17-11-14(10-16-4)12(2)3/h6-9,12,14,16-17H,5,10-11H2,1-4H3. The van der Waals surface area contributed by atoms with Gasteiger partial charge in [0.25, 0.3) is 0 Å². The van der Waals surface area contributed by atoms with Crippen molar-refractivity contribution in [1.29, 1.82) is 0 Å². The van der Waals surface area contributed by atoms with Crippen molar-refractivity contribution in [3.8, 4) is 0 Å². The van der Waals surface area contributed by atoms with Crippen LogP contribution in [0.4, 0.5) is 5.69 Å². The van der Waals surface area contributed by atoms with Crippen molar-refractivity contribution >= 4 is 5.69 Å². The maximum Gasteiger partial charge on any atom is 0.0372 e. The number of benzene rings is 1. The highest BCUT2D eigenvalue weighted by molar-refractivity contribution is 5.51. The fraction of sp³-hybridized carbons (Fsp3) is 0.600. The first kappa shape index (κ1) is 14.0. The van der Waals surface area contributed by atoms with E-state index in [0.717, 1.165) is 19.5 Å². The molecule has 0 radical (unpaired) electrons. The number of anilines is 1. The molecule has 1 atom stereocenters. The average Bonchev–Trinajstić information content (AvgIpc) is 2.34. The van der Waals surface area contributed by atoms with Gasteiger partial charge in [-0.05, 0) is 43.5 Å². The Morgan fingerprint density at radius 2 is 1.82 bits per heavy atom. The Labute approximate surface area is 106 Å². The summed E-state index contributed by atoms with van der Waals surface area (Å²) in [5.74, 6) is 1.37. The summed E-state index contributed by atoms with van der Waals surface area (Å²) in [6.45, 7) is 8.88. The van der Waals surface area contributed by atoms with Crippen LogP contribution < -0.4 is 10.6 Å². The molecule has 2 N–H and O–H groups in total. The smallest absolute Gasteiger partial charge is 0.0372 e. The molecule has 0 saturated carbocycles. The van der Waals surface area contributed by atoms with Gasteiger partial charge in [-0.1, -0.05) is 39.0 Å². The quantitative estimate of drug-likeness (QED) is 0.757. The van der Waals surface area contributed by atoms with E-state index < -0.39 is 0 Å². The summed E-state index contributed by atoms with van der Waals surface area (Å²) in [6.07, 6.45) is 1.08. The summed E-state index contributed by atoms with van der Waals surface area (Å²) in [5, 5.41) is 6.86. The molecule has 1 rings (SSSR count).